The Kier molecular flexibility index (Phi) is 6.48. The second-order valence-electron chi connectivity index (χ2n) is 7.05. The molecule has 0 saturated carbocycles. The van der Waals surface area contributed by atoms with Gasteiger partial charge in [0.2, 0.25) is 0 Å². The molecule has 0 aromatic carbocycles. The van der Waals surface area contributed by atoms with Gasteiger partial charge in [-0.25, -0.2) is 0 Å². The number of fused-ring (bicyclic) bond motifs is 1. The van der Waals surface area contributed by atoms with Gasteiger partial charge in [-0.05, 0) is 20.3 Å². The molecule has 0 radical (unpaired) electrons. The molecule has 0 amide bonds. The molecule has 2 aliphatic rings. The van der Waals surface area contributed by atoms with E-state index >= 15 is 0 Å². The van der Waals surface area contributed by atoms with E-state index in [9.17, 15) is 5.11 Å². The highest BCUT2D eigenvalue weighted by atomic mass is 16.8. The van der Waals surface area contributed by atoms with Gasteiger partial charge >= 0.3 is 0 Å². The van der Waals surface area contributed by atoms with Crippen LogP contribution >= 0.6 is 0 Å². The average Bonchev–Trinajstić information content (AvgIpc) is 2.91. The first-order valence-corrected chi connectivity index (χ1v) is 8.78. The first kappa shape index (κ1) is 17.2. The van der Waals surface area contributed by atoms with Crippen LogP contribution in [0.4, 0.5) is 0 Å². The van der Waals surface area contributed by atoms with Gasteiger partial charge < -0.3 is 14.6 Å². The summed E-state index contributed by atoms with van der Waals surface area (Å²) in [4.78, 5) is 2.37. The fourth-order valence-electron chi connectivity index (χ4n) is 3.54. The van der Waals surface area contributed by atoms with E-state index in [4.69, 9.17) is 9.47 Å². The van der Waals surface area contributed by atoms with Gasteiger partial charge in [0, 0.05) is 25.6 Å². The number of ether oxygens (including phenoxy) is 2. The average molecular weight is 299 g/mol. The Morgan fingerprint density at radius 1 is 1.05 bits per heavy atom. The topological polar surface area (TPSA) is 41.9 Å². The van der Waals surface area contributed by atoms with Crippen LogP contribution in [-0.2, 0) is 9.47 Å². The third-order valence-electron chi connectivity index (χ3n) is 4.68. The molecule has 4 nitrogen and oxygen atoms in total. The Labute approximate surface area is 129 Å². The minimum atomic E-state index is -0.512. The summed E-state index contributed by atoms with van der Waals surface area (Å²) < 4.78 is 12.0. The SMILES string of the molecule is CCCCCCCCCN1C[C@H](CO)[C@H]2OC(C)(C)O[C@@H]21. The molecule has 2 saturated heterocycles. The summed E-state index contributed by atoms with van der Waals surface area (Å²) in [6, 6.07) is 0. The van der Waals surface area contributed by atoms with Crippen molar-refractivity contribution in [1.29, 1.82) is 0 Å². The van der Waals surface area contributed by atoms with Crippen LogP contribution in [0.3, 0.4) is 0 Å². The van der Waals surface area contributed by atoms with Crippen LogP contribution in [0.25, 0.3) is 0 Å². The predicted molar refractivity (Wildman–Crippen MR) is 84.0 cm³/mol. The molecule has 0 unspecified atom stereocenters. The van der Waals surface area contributed by atoms with E-state index in [2.05, 4.69) is 11.8 Å². The molecule has 2 aliphatic heterocycles. The summed E-state index contributed by atoms with van der Waals surface area (Å²) in [7, 11) is 0. The fourth-order valence-corrected chi connectivity index (χ4v) is 3.54. The summed E-state index contributed by atoms with van der Waals surface area (Å²) in [5.41, 5.74) is 0. The molecule has 0 bridgehead atoms. The summed E-state index contributed by atoms with van der Waals surface area (Å²) in [6.45, 7) is 8.33. The van der Waals surface area contributed by atoms with Gasteiger partial charge in [0.25, 0.3) is 0 Å². The van der Waals surface area contributed by atoms with Crippen molar-refractivity contribution in [3.05, 3.63) is 0 Å². The van der Waals surface area contributed by atoms with E-state index in [1.54, 1.807) is 0 Å². The number of likely N-dealkylation sites (tertiary alicyclic amines) is 1. The molecule has 0 aromatic heterocycles. The number of hydrogen-bond acceptors (Lipinski definition) is 4. The minimum absolute atomic E-state index is 0.0366. The molecule has 0 aliphatic carbocycles. The highest BCUT2D eigenvalue weighted by Gasteiger charge is 2.52. The maximum atomic E-state index is 9.53. The lowest BCUT2D eigenvalue weighted by Gasteiger charge is -2.25. The zero-order valence-corrected chi connectivity index (χ0v) is 14.0. The molecule has 1 N–H and O–H groups in total. The number of hydrogen-bond donors (Lipinski definition) is 1. The molecule has 124 valence electrons. The summed E-state index contributed by atoms with van der Waals surface area (Å²) in [6.07, 6.45) is 9.36. The van der Waals surface area contributed by atoms with E-state index in [0.29, 0.717) is 0 Å². The largest absolute Gasteiger partial charge is 0.396 e. The van der Waals surface area contributed by atoms with E-state index in [1.807, 2.05) is 13.8 Å². The van der Waals surface area contributed by atoms with Gasteiger partial charge in [-0.3, -0.25) is 4.90 Å². The van der Waals surface area contributed by atoms with Gasteiger partial charge in [0.1, 0.15) is 12.3 Å². The van der Waals surface area contributed by atoms with E-state index in [-0.39, 0.29) is 24.9 Å². The molecule has 2 heterocycles. The summed E-state index contributed by atoms with van der Waals surface area (Å²) in [5, 5.41) is 9.53. The van der Waals surface area contributed by atoms with Crippen LogP contribution in [0.15, 0.2) is 0 Å². The van der Waals surface area contributed by atoms with Crippen LogP contribution in [-0.4, -0.2) is 47.8 Å². The van der Waals surface area contributed by atoms with Crippen LogP contribution in [0, 0.1) is 5.92 Å². The van der Waals surface area contributed by atoms with E-state index < -0.39 is 5.79 Å². The van der Waals surface area contributed by atoms with Crippen molar-refractivity contribution in [3.8, 4) is 0 Å². The van der Waals surface area contributed by atoms with Crippen LogP contribution in [0.5, 0.6) is 0 Å². The van der Waals surface area contributed by atoms with Gasteiger partial charge in [0.15, 0.2) is 5.79 Å². The Bertz CT molecular complexity index is 308. The number of nitrogens with zero attached hydrogens (tertiary/aromatic N) is 1. The number of unbranched alkanes of at least 4 members (excludes halogenated alkanes) is 6. The first-order valence-electron chi connectivity index (χ1n) is 8.78. The van der Waals surface area contributed by atoms with Crippen molar-refractivity contribution in [2.24, 2.45) is 5.92 Å². The monoisotopic (exact) mass is 299 g/mol. The molecule has 2 fully saturated rings. The summed E-state index contributed by atoms with van der Waals surface area (Å²) in [5.74, 6) is -0.317. The zero-order valence-electron chi connectivity index (χ0n) is 14.0. The number of aliphatic hydroxyl groups excluding tert-OH is 1. The smallest absolute Gasteiger partial charge is 0.165 e. The lowest BCUT2D eigenvalue weighted by atomic mass is 10.1. The van der Waals surface area contributed by atoms with Crippen LogP contribution < -0.4 is 0 Å². The third kappa shape index (κ3) is 4.65. The van der Waals surface area contributed by atoms with Gasteiger partial charge in [0.05, 0.1) is 0 Å². The lowest BCUT2D eigenvalue weighted by Crippen LogP contribution is -2.35. The highest BCUT2D eigenvalue weighted by Crippen LogP contribution is 2.39. The zero-order chi connectivity index (χ0) is 15.3. The molecule has 0 spiro atoms. The van der Waals surface area contributed by atoms with Crippen molar-refractivity contribution < 1.29 is 14.6 Å². The van der Waals surface area contributed by atoms with Gasteiger partial charge in [-0.1, -0.05) is 45.4 Å². The molecule has 3 atom stereocenters. The standard InChI is InChI=1S/C17H33NO3/c1-4-5-6-7-8-9-10-11-18-12-14(13-19)15-16(18)21-17(2,3)20-15/h14-16,19H,4-13H2,1-3H3/t14-,15-,16+/m1/s1. The first-order chi connectivity index (χ1) is 10.1. The fraction of sp³-hybridized carbons (Fsp3) is 1.00. The van der Waals surface area contributed by atoms with Crippen LogP contribution in [0.1, 0.15) is 65.7 Å². The quantitative estimate of drug-likeness (QED) is 0.664. The van der Waals surface area contributed by atoms with Crippen molar-refractivity contribution in [2.45, 2.75) is 83.8 Å². The van der Waals surface area contributed by atoms with E-state index in [0.717, 1.165) is 13.1 Å². The van der Waals surface area contributed by atoms with Crippen molar-refractivity contribution in [3.63, 3.8) is 0 Å². The van der Waals surface area contributed by atoms with Gasteiger partial charge in [-0.2, -0.15) is 0 Å². The lowest BCUT2D eigenvalue weighted by molar-refractivity contribution is -0.173. The molecule has 21 heavy (non-hydrogen) atoms. The van der Waals surface area contributed by atoms with Gasteiger partial charge in [-0.15, -0.1) is 0 Å². The van der Waals surface area contributed by atoms with Crippen molar-refractivity contribution in [1.82, 2.24) is 4.90 Å². The Morgan fingerprint density at radius 3 is 2.38 bits per heavy atom. The Hall–Kier alpha value is -0.160. The Morgan fingerprint density at radius 2 is 1.71 bits per heavy atom. The maximum Gasteiger partial charge on any atom is 0.165 e. The summed E-state index contributed by atoms with van der Waals surface area (Å²) >= 11 is 0. The van der Waals surface area contributed by atoms with Crippen LogP contribution in [0.2, 0.25) is 0 Å². The number of aliphatic hydroxyl groups is 1. The van der Waals surface area contributed by atoms with Crippen molar-refractivity contribution >= 4 is 0 Å². The second kappa shape index (κ2) is 7.91. The van der Waals surface area contributed by atoms with Crippen molar-refractivity contribution in [2.75, 3.05) is 19.7 Å². The molecule has 0 aromatic rings. The maximum absolute atomic E-state index is 9.53. The normalized spacial score (nSPS) is 31.7. The van der Waals surface area contributed by atoms with E-state index in [1.165, 1.54) is 44.9 Å². The number of rotatable bonds is 9. The second-order valence-corrected chi connectivity index (χ2v) is 7.05. The third-order valence-corrected chi connectivity index (χ3v) is 4.68. The molecular weight excluding hydrogens is 266 g/mol. The molecular formula is C17H33NO3. The molecule has 4 heteroatoms. The molecule has 2 rings (SSSR count). The predicted octanol–water partition coefficient (Wildman–Crippen LogP) is 3.14. The Balaban J connectivity index is 1.69. The minimum Gasteiger partial charge on any atom is -0.396 e. The highest BCUT2D eigenvalue weighted by molar-refractivity contribution is 4.94.